The van der Waals surface area contributed by atoms with Gasteiger partial charge in [-0.15, -0.1) is 0 Å². The van der Waals surface area contributed by atoms with Crippen molar-refractivity contribution in [2.24, 2.45) is 7.05 Å². The van der Waals surface area contributed by atoms with Crippen molar-refractivity contribution in [2.45, 2.75) is 20.0 Å². The highest BCUT2D eigenvalue weighted by molar-refractivity contribution is 5.94. The van der Waals surface area contributed by atoms with Gasteiger partial charge < -0.3 is 9.64 Å². The summed E-state index contributed by atoms with van der Waals surface area (Å²) in [7, 11) is 3.52. The molecule has 142 valence electrons. The number of nitrogens with zero attached hydrogens (tertiary/aromatic N) is 5. The van der Waals surface area contributed by atoms with Gasteiger partial charge in [0, 0.05) is 62.9 Å². The van der Waals surface area contributed by atoms with Crippen molar-refractivity contribution in [1.82, 2.24) is 24.5 Å². The van der Waals surface area contributed by atoms with E-state index in [1.165, 1.54) is 0 Å². The lowest BCUT2D eigenvalue weighted by Crippen LogP contribution is -2.33. The molecule has 3 aromatic rings. The summed E-state index contributed by atoms with van der Waals surface area (Å²) < 4.78 is 8.80. The van der Waals surface area contributed by atoms with Crippen molar-refractivity contribution in [3.05, 3.63) is 60.2 Å². The van der Waals surface area contributed by atoms with Crippen LogP contribution < -0.4 is 0 Å². The summed E-state index contributed by atoms with van der Waals surface area (Å²) in [6, 6.07) is 7.63. The molecule has 7 heteroatoms. The van der Waals surface area contributed by atoms with E-state index in [0.717, 1.165) is 23.2 Å². The van der Waals surface area contributed by atoms with Crippen molar-refractivity contribution in [1.29, 1.82) is 0 Å². The van der Waals surface area contributed by atoms with Gasteiger partial charge in [-0.1, -0.05) is 12.1 Å². The van der Waals surface area contributed by atoms with E-state index in [2.05, 4.69) is 10.2 Å². The van der Waals surface area contributed by atoms with E-state index < -0.39 is 0 Å². The minimum atomic E-state index is -0.0194. The van der Waals surface area contributed by atoms with Crippen molar-refractivity contribution >= 4 is 5.91 Å². The van der Waals surface area contributed by atoms with E-state index in [0.29, 0.717) is 25.3 Å². The molecule has 0 radical (unpaired) electrons. The summed E-state index contributed by atoms with van der Waals surface area (Å²) >= 11 is 0. The highest BCUT2D eigenvalue weighted by Crippen LogP contribution is 2.20. The molecular formula is C20H25N5O2. The summed E-state index contributed by atoms with van der Waals surface area (Å²) in [6.45, 7) is 4.36. The maximum atomic E-state index is 13.0. The van der Waals surface area contributed by atoms with Crippen LogP contribution in [0.2, 0.25) is 0 Å². The number of aryl methyl sites for hydroxylation is 2. The standard InChI is InChI=1S/C20H25N5O2/c1-4-25-14-16(11-22-25)13-24(9-10-27-3)20(26)18-7-5-17(6-8-18)19-12-21-23(2)15-19/h5-8,11-12,14-15H,4,9-10,13H2,1-3H3. The SMILES string of the molecule is CCn1cc(CN(CCOC)C(=O)c2ccc(-c3cnn(C)c3)cc2)cn1. The summed E-state index contributed by atoms with van der Waals surface area (Å²) in [4.78, 5) is 14.8. The summed E-state index contributed by atoms with van der Waals surface area (Å²) in [5, 5.41) is 8.47. The van der Waals surface area contributed by atoms with Crippen LogP contribution in [0.3, 0.4) is 0 Å². The number of carbonyl (C=O) groups excluding carboxylic acids is 1. The molecule has 0 saturated carbocycles. The quantitative estimate of drug-likeness (QED) is 0.614. The molecule has 0 aliphatic heterocycles. The molecule has 0 unspecified atom stereocenters. The van der Waals surface area contributed by atoms with Gasteiger partial charge in [-0.2, -0.15) is 10.2 Å². The molecule has 0 spiro atoms. The number of carbonyl (C=O) groups is 1. The zero-order valence-electron chi connectivity index (χ0n) is 16.0. The van der Waals surface area contributed by atoms with Gasteiger partial charge in [-0.05, 0) is 24.6 Å². The summed E-state index contributed by atoms with van der Waals surface area (Å²) in [6.07, 6.45) is 7.54. The maximum absolute atomic E-state index is 13.0. The molecule has 0 N–H and O–H groups in total. The Bertz CT molecular complexity index is 882. The van der Waals surface area contributed by atoms with E-state index in [4.69, 9.17) is 4.74 Å². The van der Waals surface area contributed by atoms with Crippen molar-refractivity contribution in [2.75, 3.05) is 20.3 Å². The molecule has 1 aromatic carbocycles. The predicted octanol–water partition coefficient (Wildman–Crippen LogP) is 2.59. The van der Waals surface area contributed by atoms with Gasteiger partial charge in [0.2, 0.25) is 0 Å². The van der Waals surface area contributed by atoms with Gasteiger partial charge in [0.05, 0.1) is 19.0 Å². The van der Waals surface area contributed by atoms with Gasteiger partial charge >= 0.3 is 0 Å². The molecule has 2 aromatic heterocycles. The highest BCUT2D eigenvalue weighted by atomic mass is 16.5. The maximum Gasteiger partial charge on any atom is 0.254 e. The second kappa shape index (κ2) is 8.64. The van der Waals surface area contributed by atoms with E-state index in [9.17, 15) is 4.79 Å². The fourth-order valence-corrected chi connectivity index (χ4v) is 2.89. The Kier molecular flexibility index (Phi) is 6.03. The van der Waals surface area contributed by atoms with Crippen LogP contribution in [0.1, 0.15) is 22.8 Å². The highest BCUT2D eigenvalue weighted by Gasteiger charge is 2.17. The number of rotatable bonds is 8. The van der Waals surface area contributed by atoms with E-state index in [1.54, 1.807) is 16.7 Å². The number of ether oxygens (including phenoxy) is 1. The van der Waals surface area contributed by atoms with Crippen LogP contribution in [0.25, 0.3) is 11.1 Å². The molecule has 1 amide bonds. The van der Waals surface area contributed by atoms with E-state index in [-0.39, 0.29) is 5.91 Å². The summed E-state index contributed by atoms with van der Waals surface area (Å²) in [5.41, 5.74) is 3.72. The largest absolute Gasteiger partial charge is 0.383 e. The van der Waals surface area contributed by atoms with E-state index >= 15 is 0 Å². The van der Waals surface area contributed by atoms with Crippen LogP contribution in [0.4, 0.5) is 0 Å². The Labute approximate surface area is 159 Å². The molecule has 0 atom stereocenters. The van der Waals surface area contributed by atoms with Crippen LogP contribution >= 0.6 is 0 Å². The third kappa shape index (κ3) is 4.62. The predicted molar refractivity (Wildman–Crippen MR) is 103 cm³/mol. The third-order valence-corrected chi connectivity index (χ3v) is 4.41. The first-order valence-corrected chi connectivity index (χ1v) is 8.99. The lowest BCUT2D eigenvalue weighted by atomic mass is 10.1. The topological polar surface area (TPSA) is 65.2 Å². The van der Waals surface area contributed by atoms with Crippen LogP contribution in [0.15, 0.2) is 49.1 Å². The Morgan fingerprint density at radius 2 is 1.89 bits per heavy atom. The second-order valence-corrected chi connectivity index (χ2v) is 6.40. The molecule has 0 fully saturated rings. The van der Waals surface area contributed by atoms with Crippen LogP contribution in [-0.4, -0.2) is 50.6 Å². The number of amides is 1. The first-order chi connectivity index (χ1) is 13.1. The third-order valence-electron chi connectivity index (χ3n) is 4.41. The minimum Gasteiger partial charge on any atom is -0.383 e. The lowest BCUT2D eigenvalue weighted by Gasteiger charge is -2.22. The number of hydrogen-bond donors (Lipinski definition) is 0. The Morgan fingerprint density at radius 1 is 1.11 bits per heavy atom. The normalized spacial score (nSPS) is 10.9. The van der Waals surface area contributed by atoms with Crippen molar-refractivity contribution < 1.29 is 9.53 Å². The fourth-order valence-electron chi connectivity index (χ4n) is 2.89. The Balaban J connectivity index is 1.76. The molecule has 0 aliphatic rings. The average molecular weight is 367 g/mol. The number of hydrogen-bond acceptors (Lipinski definition) is 4. The van der Waals surface area contributed by atoms with Crippen LogP contribution in [-0.2, 0) is 24.9 Å². The smallest absolute Gasteiger partial charge is 0.254 e. The van der Waals surface area contributed by atoms with Gasteiger partial charge in [0.1, 0.15) is 0 Å². The fraction of sp³-hybridized carbons (Fsp3) is 0.350. The lowest BCUT2D eigenvalue weighted by molar-refractivity contribution is 0.0680. The van der Waals surface area contributed by atoms with Crippen molar-refractivity contribution in [3.63, 3.8) is 0 Å². The number of benzene rings is 1. The van der Waals surface area contributed by atoms with Gasteiger partial charge in [-0.25, -0.2) is 0 Å². The molecule has 0 bridgehead atoms. The minimum absolute atomic E-state index is 0.0194. The Morgan fingerprint density at radius 3 is 2.48 bits per heavy atom. The number of methoxy groups -OCH3 is 1. The molecular weight excluding hydrogens is 342 g/mol. The molecule has 27 heavy (non-hydrogen) atoms. The monoisotopic (exact) mass is 367 g/mol. The zero-order valence-corrected chi connectivity index (χ0v) is 16.0. The second-order valence-electron chi connectivity index (χ2n) is 6.40. The van der Waals surface area contributed by atoms with Crippen molar-refractivity contribution in [3.8, 4) is 11.1 Å². The van der Waals surface area contributed by atoms with Crippen LogP contribution in [0.5, 0.6) is 0 Å². The first kappa shape index (κ1) is 18.8. The van der Waals surface area contributed by atoms with Gasteiger partial charge in [0.25, 0.3) is 5.91 Å². The van der Waals surface area contributed by atoms with Gasteiger partial charge in [-0.3, -0.25) is 14.2 Å². The zero-order chi connectivity index (χ0) is 19.2. The molecule has 3 rings (SSSR count). The Hall–Kier alpha value is -2.93. The molecule has 0 saturated heterocycles. The summed E-state index contributed by atoms with van der Waals surface area (Å²) in [5.74, 6) is -0.0194. The van der Waals surface area contributed by atoms with Crippen LogP contribution in [0, 0.1) is 0 Å². The molecule has 2 heterocycles. The molecule has 7 nitrogen and oxygen atoms in total. The molecule has 0 aliphatic carbocycles. The van der Waals surface area contributed by atoms with E-state index in [1.807, 2.05) is 67.7 Å². The number of aromatic nitrogens is 4. The van der Waals surface area contributed by atoms with Gasteiger partial charge in [0.15, 0.2) is 0 Å². The first-order valence-electron chi connectivity index (χ1n) is 8.99. The average Bonchev–Trinajstić information content (AvgIpc) is 3.33.